The molecule has 20 heavy (non-hydrogen) atoms. The second-order valence-corrected chi connectivity index (χ2v) is 5.55. The molecule has 0 aliphatic heterocycles. The molecule has 0 fully saturated rings. The third-order valence-electron chi connectivity index (χ3n) is 2.43. The number of nitrogens with one attached hydrogen (secondary N) is 2. The van der Waals surface area contributed by atoms with Crippen LogP contribution in [0.1, 0.15) is 0 Å². The highest BCUT2D eigenvalue weighted by molar-refractivity contribution is 9.10. The number of carbonyl (C=O) groups excluding carboxylic acids is 1. The molecule has 1 aromatic heterocycles. The zero-order chi connectivity index (χ0) is 14.7. The minimum Gasteiger partial charge on any atom is -0.323 e. The lowest BCUT2D eigenvalue weighted by Gasteiger charge is -2.07. The molecular formula is C11H9BrN4O3S. The van der Waals surface area contributed by atoms with Crippen LogP contribution in [0.4, 0.5) is 11.4 Å². The van der Waals surface area contributed by atoms with Crippen molar-refractivity contribution in [2.75, 3.05) is 5.32 Å². The van der Waals surface area contributed by atoms with Gasteiger partial charge in [-0.3, -0.25) is 20.3 Å². The fraction of sp³-hybridized carbons (Fsp3) is 0.0909. The van der Waals surface area contributed by atoms with Gasteiger partial charge in [-0.2, -0.15) is 0 Å². The van der Waals surface area contributed by atoms with Gasteiger partial charge in [0.25, 0.3) is 5.69 Å². The average Bonchev–Trinajstić information content (AvgIpc) is 2.77. The van der Waals surface area contributed by atoms with Crippen LogP contribution in [0, 0.1) is 15.5 Å². The van der Waals surface area contributed by atoms with E-state index in [2.05, 4.69) is 21.2 Å². The smallest absolute Gasteiger partial charge is 0.270 e. The molecule has 2 N–H and O–H groups in total. The molecule has 7 nitrogen and oxygen atoms in total. The molecule has 2 rings (SSSR count). The number of nitrogens with zero attached hydrogens (tertiary/aromatic N) is 2. The molecule has 9 heteroatoms. The van der Waals surface area contributed by atoms with Gasteiger partial charge in [-0.15, -0.1) is 11.3 Å². The van der Waals surface area contributed by atoms with Gasteiger partial charge in [0.05, 0.1) is 10.6 Å². The molecule has 0 spiro atoms. The van der Waals surface area contributed by atoms with Crippen molar-refractivity contribution >= 4 is 44.5 Å². The first-order valence-corrected chi connectivity index (χ1v) is 7.07. The third kappa shape index (κ3) is 3.31. The SMILES string of the molecule is N=c1sccn1CC(=O)Nc1ccc([N+](=O)[O-])cc1Br. The molecular weight excluding hydrogens is 348 g/mol. The number of hydrogen-bond donors (Lipinski definition) is 2. The Balaban J connectivity index is 2.10. The summed E-state index contributed by atoms with van der Waals surface area (Å²) in [7, 11) is 0. The fourth-order valence-electron chi connectivity index (χ4n) is 1.49. The van der Waals surface area contributed by atoms with E-state index in [4.69, 9.17) is 5.41 Å². The van der Waals surface area contributed by atoms with E-state index in [9.17, 15) is 14.9 Å². The van der Waals surface area contributed by atoms with Crippen molar-refractivity contribution in [3.63, 3.8) is 0 Å². The Kier molecular flexibility index (Phi) is 4.30. The molecule has 104 valence electrons. The summed E-state index contributed by atoms with van der Waals surface area (Å²) in [5, 5.41) is 22.5. The Bertz CT molecular complexity index is 724. The molecule has 0 radical (unpaired) electrons. The number of aromatic nitrogens is 1. The largest absolute Gasteiger partial charge is 0.323 e. The number of carbonyl (C=O) groups is 1. The van der Waals surface area contributed by atoms with Gasteiger partial charge in [0.1, 0.15) is 6.54 Å². The zero-order valence-electron chi connectivity index (χ0n) is 10.00. The van der Waals surface area contributed by atoms with Crippen LogP contribution in [-0.2, 0) is 11.3 Å². The van der Waals surface area contributed by atoms with E-state index in [1.54, 1.807) is 11.6 Å². The number of benzene rings is 1. The number of non-ortho nitro benzene ring substituents is 1. The Morgan fingerprint density at radius 3 is 2.85 bits per heavy atom. The number of rotatable bonds is 4. The van der Waals surface area contributed by atoms with Crippen LogP contribution >= 0.6 is 27.3 Å². The Labute approximate surface area is 125 Å². The first-order valence-electron chi connectivity index (χ1n) is 5.39. The van der Waals surface area contributed by atoms with Gasteiger partial charge in [-0.05, 0) is 22.0 Å². The van der Waals surface area contributed by atoms with Crippen molar-refractivity contribution in [1.29, 1.82) is 5.41 Å². The predicted octanol–water partition coefficient (Wildman–Crippen LogP) is 2.34. The molecule has 0 aliphatic rings. The van der Waals surface area contributed by atoms with Crippen molar-refractivity contribution in [2.45, 2.75) is 6.54 Å². The first-order chi connectivity index (χ1) is 9.47. The van der Waals surface area contributed by atoms with Crippen LogP contribution in [0.15, 0.2) is 34.2 Å². The number of nitro groups is 1. The minimum atomic E-state index is -0.510. The highest BCUT2D eigenvalue weighted by atomic mass is 79.9. The standard InChI is InChI=1S/C11H9BrN4O3S/c12-8-5-7(16(18)19)1-2-9(8)14-10(17)6-15-3-4-20-11(15)13/h1-5,13H,6H2,(H,14,17). The van der Waals surface area contributed by atoms with E-state index in [1.165, 1.54) is 34.1 Å². The molecule has 0 atom stereocenters. The summed E-state index contributed by atoms with van der Waals surface area (Å²) < 4.78 is 1.93. The lowest BCUT2D eigenvalue weighted by molar-refractivity contribution is -0.384. The molecule has 0 bridgehead atoms. The van der Waals surface area contributed by atoms with Crippen LogP contribution in [0.2, 0.25) is 0 Å². The zero-order valence-corrected chi connectivity index (χ0v) is 12.4. The maximum Gasteiger partial charge on any atom is 0.270 e. The van der Waals surface area contributed by atoms with Gasteiger partial charge in [-0.1, -0.05) is 0 Å². The Morgan fingerprint density at radius 2 is 2.30 bits per heavy atom. The highest BCUT2D eigenvalue weighted by Crippen LogP contribution is 2.27. The lowest BCUT2D eigenvalue weighted by atomic mass is 10.3. The summed E-state index contributed by atoms with van der Waals surface area (Å²) in [4.78, 5) is 22.2. The molecule has 1 aromatic carbocycles. The van der Waals surface area contributed by atoms with Gasteiger partial charge in [0.15, 0.2) is 4.80 Å². The quantitative estimate of drug-likeness (QED) is 0.649. The monoisotopic (exact) mass is 356 g/mol. The first kappa shape index (κ1) is 14.4. The molecule has 1 amide bonds. The van der Waals surface area contributed by atoms with Crippen molar-refractivity contribution in [1.82, 2.24) is 4.57 Å². The van der Waals surface area contributed by atoms with Crippen LogP contribution in [0.25, 0.3) is 0 Å². The molecule has 0 saturated carbocycles. The normalized spacial score (nSPS) is 10.2. The van der Waals surface area contributed by atoms with Crippen LogP contribution in [0.5, 0.6) is 0 Å². The van der Waals surface area contributed by atoms with Crippen LogP contribution in [-0.4, -0.2) is 15.4 Å². The number of nitro benzene ring substituents is 1. The number of halogens is 1. The topological polar surface area (TPSA) is 101 Å². The number of anilines is 1. The summed E-state index contributed by atoms with van der Waals surface area (Å²) in [6.07, 6.45) is 1.65. The van der Waals surface area contributed by atoms with Gasteiger partial charge < -0.3 is 9.88 Å². The summed E-state index contributed by atoms with van der Waals surface area (Å²) in [5.41, 5.74) is 0.387. The van der Waals surface area contributed by atoms with Gasteiger partial charge in [-0.25, -0.2) is 0 Å². The lowest BCUT2D eigenvalue weighted by Crippen LogP contribution is -2.23. The van der Waals surface area contributed by atoms with E-state index in [1.807, 2.05) is 0 Å². The van der Waals surface area contributed by atoms with Gasteiger partial charge in [0, 0.05) is 28.2 Å². The van der Waals surface area contributed by atoms with E-state index >= 15 is 0 Å². The summed E-state index contributed by atoms with van der Waals surface area (Å²) in [5.74, 6) is -0.309. The molecule has 2 aromatic rings. The van der Waals surface area contributed by atoms with E-state index < -0.39 is 4.92 Å². The molecule has 1 heterocycles. The summed E-state index contributed by atoms with van der Waals surface area (Å²) in [6, 6.07) is 4.09. The molecule has 0 aliphatic carbocycles. The van der Waals surface area contributed by atoms with Crippen molar-refractivity contribution in [3.05, 3.63) is 49.2 Å². The molecule has 0 unspecified atom stereocenters. The van der Waals surface area contributed by atoms with Gasteiger partial charge in [0.2, 0.25) is 5.91 Å². The molecule has 0 saturated heterocycles. The Hall–Kier alpha value is -2.00. The number of hydrogen-bond acceptors (Lipinski definition) is 5. The Morgan fingerprint density at radius 1 is 1.55 bits per heavy atom. The second kappa shape index (κ2) is 5.97. The van der Waals surface area contributed by atoms with Crippen molar-refractivity contribution < 1.29 is 9.72 Å². The fourth-order valence-corrected chi connectivity index (χ4v) is 2.55. The predicted molar refractivity (Wildman–Crippen MR) is 77.6 cm³/mol. The average molecular weight is 357 g/mol. The van der Waals surface area contributed by atoms with E-state index in [0.717, 1.165) is 0 Å². The van der Waals surface area contributed by atoms with E-state index in [-0.39, 0.29) is 22.9 Å². The highest BCUT2D eigenvalue weighted by Gasteiger charge is 2.11. The number of amides is 1. The van der Waals surface area contributed by atoms with Crippen LogP contribution in [0.3, 0.4) is 0 Å². The van der Waals surface area contributed by atoms with E-state index in [0.29, 0.717) is 10.2 Å². The summed E-state index contributed by atoms with van der Waals surface area (Å²) >= 11 is 4.40. The van der Waals surface area contributed by atoms with Crippen LogP contribution < -0.4 is 10.1 Å². The third-order valence-corrected chi connectivity index (χ3v) is 3.80. The van der Waals surface area contributed by atoms with Crippen molar-refractivity contribution in [2.24, 2.45) is 0 Å². The second-order valence-electron chi connectivity index (χ2n) is 3.81. The minimum absolute atomic E-state index is 0.0196. The van der Waals surface area contributed by atoms with Crippen molar-refractivity contribution in [3.8, 4) is 0 Å². The summed E-state index contributed by atoms with van der Waals surface area (Å²) in [6.45, 7) is 0.0196. The maximum atomic E-state index is 11.8. The number of thiazole rings is 1. The maximum absolute atomic E-state index is 11.8. The van der Waals surface area contributed by atoms with Gasteiger partial charge >= 0.3 is 0 Å².